The molecule has 0 bridgehead atoms. The van der Waals surface area contributed by atoms with Gasteiger partial charge < -0.3 is 5.32 Å². The Kier molecular flexibility index (Phi) is 5.29. The van der Waals surface area contributed by atoms with Crippen molar-refractivity contribution in [2.75, 3.05) is 13.6 Å². The van der Waals surface area contributed by atoms with Crippen LogP contribution in [0.5, 0.6) is 0 Å². The van der Waals surface area contributed by atoms with E-state index in [4.69, 9.17) is 11.6 Å². The molecule has 0 heterocycles. The van der Waals surface area contributed by atoms with Crippen LogP contribution in [-0.2, 0) is 0 Å². The van der Waals surface area contributed by atoms with Crippen molar-refractivity contribution in [3.05, 3.63) is 39.1 Å². The normalized spacial score (nSPS) is 11.2. The molecule has 1 aromatic rings. The van der Waals surface area contributed by atoms with Gasteiger partial charge >= 0.3 is 0 Å². The fourth-order valence-electron chi connectivity index (χ4n) is 1.14. The molecule has 82 valence electrons. The summed E-state index contributed by atoms with van der Waals surface area (Å²) >= 11 is 8.98. The molecule has 1 aromatic carbocycles. The molecule has 15 heavy (non-hydrogen) atoms. The third-order valence-electron chi connectivity index (χ3n) is 1.89. The largest absolute Gasteiger partial charge is 0.319 e. The molecule has 0 saturated carbocycles. The third-order valence-corrected chi connectivity index (χ3v) is 2.76. The van der Waals surface area contributed by atoms with Gasteiger partial charge in [0.1, 0.15) is 5.82 Å². The second-order valence-corrected chi connectivity index (χ2v) is 4.37. The van der Waals surface area contributed by atoms with E-state index >= 15 is 0 Å². The highest BCUT2D eigenvalue weighted by atomic mass is 79.9. The monoisotopic (exact) mass is 291 g/mol. The smallest absolute Gasteiger partial charge is 0.133 e. The van der Waals surface area contributed by atoms with E-state index in [2.05, 4.69) is 21.2 Å². The van der Waals surface area contributed by atoms with Crippen molar-refractivity contribution in [2.24, 2.45) is 0 Å². The molecule has 0 aliphatic carbocycles. The first kappa shape index (κ1) is 12.7. The molecular formula is C11H12BrClFN. The van der Waals surface area contributed by atoms with Crippen molar-refractivity contribution in [3.63, 3.8) is 0 Å². The summed E-state index contributed by atoms with van der Waals surface area (Å²) < 4.78 is 14.1. The Morgan fingerprint density at radius 2 is 2.27 bits per heavy atom. The van der Waals surface area contributed by atoms with Gasteiger partial charge in [-0.3, -0.25) is 0 Å². The zero-order valence-electron chi connectivity index (χ0n) is 8.36. The van der Waals surface area contributed by atoms with Crippen molar-refractivity contribution in [1.82, 2.24) is 5.32 Å². The summed E-state index contributed by atoms with van der Waals surface area (Å²) in [5, 5.41) is 3.41. The minimum Gasteiger partial charge on any atom is -0.319 e. The molecule has 0 amide bonds. The first-order valence-electron chi connectivity index (χ1n) is 4.61. The second-order valence-electron chi connectivity index (χ2n) is 3.08. The number of nitrogens with one attached hydrogen (secondary N) is 1. The van der Waals surface area contributed by atoms with Gasteiger partial charge in [0.05, 0.1) is 0 Å². The second kappa shape index (κ2) is 6.26. The van der Waals surface area contributed by atoms with Gasteiger partial charge in [-0.25, -0.2) is 4.39 Å². The maximum Gasteiger partial charge on any atom is 0.133 e. The molecule has 0 aliphatic heterocycles. The van der Waals surface area contributed by atoms with E-state index in [1.807, 2.05) is 13.1 Å². The number of hydrogen-bond acceptors (Lipinski definition) is 1. The highest BCUT2D eigenvalue weighted by Gasteiger charge is 2.05. The van der Waals surface area contributed by atoms with Crippen molar-refractivity contribution >= 4 is 33.6 Å². The van der Waals surface area contributed by atoms with Crippen molar-refractivity contribution < 1.29 is 4.39 Å². The summed E-state index contributed by atoms with van der Waals surface area (Å²) in [6, 6.07) is 2.99. The maximum atomic E-state index is 13.4. The van der Waals surface area contributed by atoms with Gasteiger partial charge in [0.2, 0.25) is 0 Å². The minimum absolute atomic E-state index is 0.310. The van der Waals surface area contributed by atoms with Gasteiger partial charge in [0.25, 0.3) is 0 Å². The van der Waals surface area contributed by atoms with Crippen LogP contribution in [0, 0.1) is 5.82 Å². The van der Waals surface area contributed by atoms with Crippen molar-refractivity contribution in [2.45, 2.75) is 6.42 Å². The van der Waals surface area contributed by atoms with Gasteiger partial charge in [-0.05, 0) is 32.1 Å². The van der Waals surface area contributed by atoms with Crippen LogP contribution in [0.3, 0.4) is 0 Å². The molecular weight excluding hydrogens is 280 g/mol. The third kappa shape index (κ3) is 3.93. The Morgan fingerprint density at radius 3 is 2.87 bits per heavy atom. The molecule has 0 aliphatic rings. The predicted octanol–water partition coefficient (Wildman–Crippen LogP) is 3.86. The lowest BCUT2D eigenvalue weighted by atomic mass is 10.2. The predicted molar refractivity (Wildman–Crippen MR) is 66.7 cm³/mol. The topological polar surface area (TPSA) is 12.0 Å². The summed E-state index contributed by atoms with van der Waals surface area (Å²) in [7, 11) is 1.88. The fraction of sp³-hybridized carbons (Fsp3) is 0.273. The number of rotatable bonds is 4. The Bertz CT molecular complexity index is 343. The van der Waals surface area contributed by atoms with Crippen LogP contribution in [0.1, 0.15) is 12.0 Å². The van der Waals surface area contributed by atoms with Gasteiger partial charge in [0.15, 0.2) is 0 Å². The minimum atomic E-state index is -0.310. The standard InChI is InChI=1S/C11H12BrClFN/c1-15-5-3-2-4-9-10(12)6-8(13)7-11(9)14/h2,4,6-7,15H,3,5H2,1H3. The molecule has 0 aromatic heterocycles. The number of hydrogen-bond donors (Lipinski definition) is 1. The zero-order valence-corrected chi connectivity index (χ0v) is 10.7. The zero-order chi connectivity index (χ0) is 11.3. The highest BCUT2D eigenvalue weighted by molar-refractivity contribution is 9.10. The van der Waals surface area contributed by atoms with Gasteiger partial charge in [-0.15, -0.1) is 0 Å². The van der Waals surface area contributed by atoms with E-state index in [0.29, 0.717) is 15.1 Å². The molecule has 0 saturated heterocycles. The van der Waals surface area contributed by atoms with E-state index in [1.54, 1.807) is 12.1 Å². The molecule has 0 unspecified atom stereocenters. The summed E-state index contributed by atoms with van der Waals surface area (Å²) in [6.45, 7) is 0.878. The summed E-state index contributed by atoms with van der Waals surface area (Å²) in [5.41, 5.74) is 0.538. The van der Waals surface area contributed by atoms with Crippen LogP contribution in [-0.4, -0.2) is 13.6 Å². The van der Waals surface area contributed by atoms with E-state index in [9.17, 15) is 4.39 Å². The van der Waals surface area contributed by atoms with Crippen LogP contribution >= 0.6 is 27.5 Å². The molecule has 4 heteroatoms. The Hall–Kier alpha value is -0.380. The lowest BCUT2D eigenvalue weighted by Gasteiger charge is -2.01. The van der Waals surface area contributed by atoms with Crippen LogP contribution in [0.2, 0.25) is 5.02 Å². The average Bonchev–Trinajstić information content (AvgIpc) is 2.15. The Balaban J connectivity index is 2.80. The summed E-state index contributed by atoms with van der Waals surface area (Å²) in [4.78, 5) is 0. The maximum absolute atomic E-state index is 13.4. The average molecular weight is 293 g/mol. The molecule has 0 atom stereocenters. The molecule has 0 spiro atoms. The van der Waals surface area contributed by atoms with Crippen LogP contribution < -0.4 is 5.32 Å². The molecule has 0 radical (unpaired) electrons. The Morgan fingerprint density at radius 1 is 1.53 bits per heavy atom. The van der Waals surface area contributed by atoms with E-state index in [-0.39, 0.29) is 5.82 Å². The van der Waals surface area contributed by atoms with Gasteiger partial charge in [-0.1, -0.05) is 39.7 Å². The van der Waals surface area contributed by atoms with Crippen LogP contribution in [0.15, 0.2) is 22.7 Å². The summed E-state index contributed by atoms with van der Waals surface area (Å²) in [5.74, 6) is -0.310. The molecule has 1 N–H and O–H groups in total. The SMILES string of the molecule is CNCCC=Cc1c(F)cc(Cl)cc1Br. The van der Waals surface area contributed by atoms with Crippen LogP contribution in [0.25, 0.3) is 6.08 Å². The van der Waals surface area contributed by atoms with E-state index in [0.717, 1.165) is 13.0 Å². The number of benzene rings is 1. The lowest BCUT2D eigenvalue weighted by Crippen LogP contribution is -2.05. The first-order valence-corrected chi connectivity index (χ1v) is 5.78. The molecule has 1 nitrogen and oxygen atoms in total. The Labute approximate surface area is 102 Å². The van der Waals surface area contributed by atoms with Crippen molar-refractivity contribution in [1.29, 1.82) is 0 Å². The quantitative estimate of drug-likeness (QED) is 0.831. The fourth-order valence-corrected chi connectivity index (χ4v) is 2.05. The van der Waals surface area contributed by atoms with E-state index < -0.39 is 0 Å². The lowest BCUT2D eigenvalue weighted by molar-refractivity contribution is 0.624. The number of halogens is 3. The summed E-state index contributed by atoms with van der Waals surface area (Å²) in [6.07, 6.45) is 4.55. The molecule has 1 rings (SSSR count). The van der Waals surface area contributed by atoms with Crippen LogP contribution in [0.4, 0.5) is 4.39 Å². The van der Waals surface area contributed by atoms with Gasteiger partial charge in [0, 0.05) is 15.1 Å². The highest BCUT2D eigenvalue weighted by Crippen LogP contribution is 2.25. The van der Waals surface area contributed by atoms with Gasteiger partial charge in [-0.2, -0.15) is 0 Å². The van der Waals surface area contributed by atoms with E-state index in [1.165, 1.54) is 6.07 Å². The molecule has 0 fully saturated rings. The first-order chi connectivity index (χ1) is 7.15. The van der Waals surface area contributed by atoms with Crippen molar-refractivity contribution in [3.8, 4) is 0 Å².